The minimum Gasteiger partial charge on any atom is -0.310 e. The average molecular weight is 259 g/mol. The van der Waals surface area contributed by atoms with E-state index in [1.807, 2.05) is 13.8 Å². The summed E-state index contributed by atoms with van der Waals surface area (Å²) in [5, 5.41) is 14.7. The molecule has 1 unspecified atom stereocenters. The van der Waals surface area contributed by atoms with Gasteiger partial charge < -0.3 is 5.32 Å². The van der Waals surface area contributed by atoms with Gasteiger partial charge in [-0.25, -0.2) is 13.1 Å². The Morgan fingerprint density at radius 2 is 2.29 bits per heavy atom. The SMILES string of the molecule is CCNCc1nnnn1C1(C)CCS(=O)(=O)C1. The Labute approximate surface area is 101 Å². The first-order valence-electron chi connectivity index (χ1n) is 5.66. The Kier molecular flexibility index (Phi) is 3.17. The number of hydrogen-bond acceptors (Lipinski definition) is 6. The van der Waals surface area contributed by atoms with Gasteiger partial charge in [0.05, 0.1) is 23.6 Å². The van der Waals surface area contributed by atoms with Crippen LogP contribution in [-0.2, 0) is 21.9 Å². The van der Waals surface area contributed by atoms with Crippen LogP contribution in [0.2, 0.25) is 0 Å². The fourth-order valence-electron chi connectivity index (χ4n) is 2.13. The number of tetrazole rings is 1. The summed E-state index contributed by atoms with van der Waals surface area (Å²) < 4.78 is 24.8. The molecule has 0 radical (unpaired) electrons. The first-order chi connectivity index (χ1) is 7.97. The van der Waals surface area contributed by atoms with Crippen LogP contribution in [0.15, 0.2) is 0 Å². The second-order valence-corrected chi connectivity index (χ2v) is 6.81. The zero-order valence-electron chi connectivity index (χ0n) is 10.0. The second-order valence-electron chi connectivity index (χ2n) is 4.63. The van der Waals surface area contributed by atoms with E-state index in [1.165, 1.54) is 0 Å². The van der Waals surface area contributed by atoms with E-state index in [9.17, 15) is 8.42 Å². The maximum atomic E-state index is 11.6. The van der Waals surface area contributed by atoms with E-state index in [1.54, 1.807) is 4.68 Å². The van der Waals surface area contributed by atoms with Gasteiger partial charge in [-0.2, -0.15) is 0 Å². The Morgan fingerprint density at radius 1 is 1.53 bits per heavy atom. The third-order valence-corrected chi connectivity index (χ3v) is 4.95. The van der Waals surface area contributed by atoms with Crippen molar-refractivity contribution in [2.24, 2.45) is 0 Å². The van der Waals surface area contributed by atoms with E-state index in [0.717, 1.165) is 6.54 Å². The molecule has 8 heteroatoms. The molecule has 2 rings (SSSR count). The summed E-state index contributed by atoms with van der Waals surface area (Å²) in [5.41, 5.74) is -0.507. The highest BCUT2D eigenvalue weighted by Crippen LogP contribution is 2.30. The molecular formula is C9H17N5O2S. The van der Waals surface area contributed by atoms with Crippen LogP contribution >= 0.6 is 0 Å². The van der Waals surface area contributed by atoms with Gasteiger partial charge in [-0.05, 0) is 30.3 Å². The predicted molar refractivity (Wildman–Crippen MR) is 62.1 cm³/mol. The average Bonchev–Trinajstić information content (AvgIpc) is 2.81. The van der Waals surface area contributed by atoms with Gasteiger partial charge in [0.15, 0.2) is 15.7 Å². The second kappa shape index (κ2) is 4.34. The van der Waals surface area contributed by atoms with Crippen LogP contribution in [-0.4, -0.2) is 46.7 Å². The molecule has 1 aromatic heterocycles. The molecule has 1 saturated heterocycles. The van der Waals surface area contributed by atoms with Crippen LogP contribution in [0.4, 0.5) is 0 Å². The Morgan fingerprint density at radius 3 is 2.88 bits per heavy atom. The highest BCUT2D eigenvalue weighted by atomic mass is 32.2. The molecule has 0 bridgehead atoms. The maximum absolute atomic E-state index is 11.6. The van der Waals surface area contributed by atoms with Crippen LogP contribution in [0.3, 0.4) is 0 Å². The fourth-order valence-corrected chi connectivity index (χ4v) is 4.24. The first kappa shape index (κ1) is 12.4. The summed E-state index contributed by atoms with van der Waals surface area (Å²) in [6.45, 7) is 5.26. The summed E-state index contributed by atoms with van der Waals surface area (Å²) in [6, 6.07) is 0. The van der Waals surface area contributed by atoms with E-state index in [4.69, 9.17) is 0 Å². The number of sulfone groups is 1. The van der Waals surface area contributed by atoms with Crippen LogP contribution < -0.4 is 5.32 Å². The molecule has 1 aliphatic rings. The minimum atomic E-state index is -2.95. The van der Waals surface area contributed by atoms with E-state index in [-0.39, 0.29) is 11.5 Å². The lowest BCUT2D eigenvalue weighted by atomic mass is 10.0. The van der Waals surface area contributed by atoms with E-state index >= 15 is 0 Å². The molecule has 0 amide bonds. The first-order valence-corrected chi connectivity index (χ1v) is 7.48. The largest absolute Gasteiger partial charge is 0.310 e. The van der Waals surface area contributed by atoms with Gasteiger partial charge >= 0.3 is 0 Å². The Hall–Kier alpha value is -1.02. The van der Waals surface area contributed by atoms with E-state index in [2.05, 4.69) is 20.8 Å². The molecule has 17 heavy (non-hydrogen) atoms. The van der Waals surface area contributed by atoms with Crippen molar-refractivity contribution in [3.8, 4) is 0 Å². The summed E-state index contributed by atoms with van der Waals surface area (Å²) in [5.74, 6) is 1.01. The monoisotopic (exact) mass is 259 g/mol. The van der Waals surface area contributed by atoms with Crippen molar-refractivity contribution >= 4 is 9.84 Å². The van der Waals surface area contributed by atoms with Crippen LogP contribution in [0, 0.1) is 0 Å². The molecule has 0 aliphatic carbocycles. The molecular weight excluding hydrogens is 242 g/mol. The molecule has 0 aromatic carbocycles. The fraction of sp³-hybridized carbons (Fsp3) is 0.889. The molecule has 2 heterocycles. The number of hydrogen-bond donors (Lipinski definition) is 1. The molecule has 1 fully saturated rings. The highest BCUT2D eigenvalue weighted by molar-refractivity contribution is 7.91. The third kappa shape index (κ3) is 2.47. The van der Waals surface area contributed by atoms with Gasteiger partial charge in [-0.3, -0.25) is 0 Å². The molecule has 0 saturated carbocycles. The lowest BCUT2D eigenvalue weighted by molar-refractivity contribution is 0.308. The van der Waals surface area contributed by atoms with Gasteiger partial charge in [0, 0.05) is 0 Å². The number of nitrogens with zero attached hydrogens (tertiary/aromatic N) is 4. The quantitative estimate of drug-likeness (QED) is 0.770. The zero-order chi connectivity index (χ0) is 12.5. The standard InChI is InChI=1S/C9H17N5O2S/c1-3-10-6-8-11-12-13-14(8)9(2)4-5-17(15,16)7-9/h10H,3-7H2,1-2H3. The van der Waals surface area contributed by atoms with Gasteiger partial charge in [0.25, 0.3) is 0 Å². The smallest absolute Gasteiger partial charge is 0.165 e. The molecule has 1 aliphatic heterocycles. The van der Waals surface area contributed by atoms with Gasteiger partial charge in [0.1, 0.15) is 0 Å². The van der Waals surface area contributed by atoms with Crippen molar-refractivity contribution in [2.45, 2.75) is 32.4 Å². The molecule has 7 nitrogen and oxygen atoms in total. The van der Waals surface area contributed by atoms with Crippen molar-refractivity contribution in [1.29, 1.82) is 0 Å². The summed E-state index contributed by atoms with van der Waals surface area (Å²) in [4.78, 5) is 0. The number of rotatable bonds is 4. The summed E-state index contributed by atoms with van der Waals surface area (Å²) in [7, 11) is -2.95. The normalized spacial score (nSPS) is 27.4. The lowest BCUT2D eigenvalue weighted by Gasteiger charge is -2.23. The minimum absolute atomic E-state index is 0.115. The van der Waals surface area contributed by atoms with Crippen LogP contribution in [0.25, 0.3) is 0 Å². The Bertz CT molecular complexity index is 497. The van der Waals surface area contributed by atoms with E-state index in [0.29, 0.717) is 18.8 Å². The number of aromatic nitrogens is 4. The van der Waals surface area contributed by atoms with Crippen molar-refractivity contribution in [1.82, 2.24) is 25.5 Å². The van der Waals surface area contributed by atoms with Crippen molar-refractivity contribution < 1.29 is 8.42 Å². The summed E-state index contributed by atoms with van der Waals surface area (Å²) in [6.07, 6.45) is 0.569. The molecule has 96 valence electrons. The number of nitrogens with one attached hydrogen (secondary N) is 1. The van der Waals surface area contributed by atoms with Crippen molar-refractivity contribution in [3.05, 3.63) is 5.82 Å². The third-order valence-electron chi connectivity index (χ3n) is 3.06. The van der Waals surface area contributed by atoms with Crippen molar-refractivity contribution in [3.63, 3.8) is 0 Å². The Balaban J connectivity index is 2.25. The van der Waals surface area contributed by atoms with Gasteiger partial charge in [0.2, 0.25) is 0 Å². The zero-order valence-corrected chi connectivity index (χ0v) is 10.9. The topological polar surface area (TPSA) is 89.8 Å². The predicted octanol–water partition coefficient (Wildman–Crippen LogP) is -0.684. The van der Waals surface area contributed by atoms with Crippen molar-refractivity contribution in [2.75, 3.05) is 18.1 Å². The highest BCUT2D eigenvalue weighted by Gasteiger charge is 2.42. The van der Waals surface area contributed by atoms with Gasteiger partial charge in [-0.15, -0.1) is 5.10 Å². The summed E-state index contributed by atoms with van der Waals surface area (Å²) >= 11 is 0. The molecule has 1 N–H and O–H groups in total. The molecule has 1 atom stereocenters. The molecule has 0 spiro atoms. The molecule has 1 aromatic rings. The van der Waals surface area contributed by atoms with E-state index < -0.39 is 15.4 Å². The van der Waals surface area contributed by atoms with Crippen LogP contribution in [0.5, 0.6) is 0 Å². The maximum Gasteiger partial charge on any atom is 0.165 e. The lowest BCUT2D eigenvalue weighted by Crippen LogP contribution is -2.35. The van der Waals surface area contributed by atoms with Gasteiger partial charge in [-0.1, -0.05) is 6.92 Å². The van der Waals surface area contributed by atoms with Crippen LogP contribution in [0.1, 0.15) is 26.1 Å².